The number of benzene rings is 1. The van der Waals surface area contributed by atoms with Crippen molar-refractivity contribution in [1.82, 2.24) is 4.72 Å². The fraction of sp³-hybridized carbons (Fsp3) is 0.455. The van der Waals surface area contributed by atoms with E-state index in [1.165, 1.54) is 6.92 Å². The highest BCUT2D eigenvalue weighted by molar-refractivity contribution is 7.89. The minimum atomic E-state index is -4.58. The lowest BCUT2D eigenvalue weighted by Gasteiger charge is -2.29. The number of hydrogen-bond acceptors (Lipinski definition) is 4. The molecule has 9 heteroatoms. The summed E-state index contributed by atoms with van der Waals surface area (Å²) in [5, 5.41) is 18.3. The van der Waals surface area contributed by atoms with E-state index in [2.05, 4.69) is 0 Å². The zero-order valence-electron chi connectivity index (χ0n) is 10.5. The van der Waals surface area contributed by atoms with E-state index in [4.69, 9.17) is 10.2 Å². The van der Waals surface area contributed by atoms with Crippen LogP contribution in [-0.2, 0) is 10.0 Å². The van der Waals surface area contributed by atoms with Crippen LogP contribution in [-0.4, -0.2) is 37.4 Å². The molecule has 0 unspecified atom stereocenters. The van der Waals surface area contributed by atoms with Gasteiger partial charge < -0.3 is 10.2 Å². The summed E-state index contributed by atoms with van der Waals surface area (Å²) in [4.78, 5) is -1.10. The van der Waals surface area contributed by atoms with Gasteiger partial charge in [-0.25, -0.2) is 26.3 Å². The molecular formula is C11H14F3NO4S. The number of nitrogens with one attached hydrogen (secondary N) is 1. The van der Waals surface area contributed by atoms with Gasteiger partial charge >= 0.3 is 0 Å². The number of hydrogen-bond donors (Lipinski definition) is 3. The third-order valence-electron chi connectivity index (χ3n) is 2.92. The molecule has 1 aromatic carbocycles. The topological polar surface area (TPSA) is 86.6 Å². The fourth-order valence-corrected chi connectivity index (χ4v) is 2.99. The molecule has 0 aliphatic carbocycles. The van der Waals surface area contributed by atoms with E-state index in [9.17, 15) is 21.6 Å². The molecule has 0 aliphatic rings. The Hall–Kier alpha value is -1.16. The molecular weight excluding hydrogens is 299 g/mol. The Bertz CT molecular complexity index is 579. The lowest BCUT2D eigenvalue weighted by molar-refractivity contribution is 0.105. The van der Waals surface area contributed by atoms with Gasteiger partial charge in [0.2, 0.25) is 10.0 Å². The van der Waals surface area contributed by atoms with Crippen molar-refractivity contribution in [1.29, 1.82) is 0 Å². The second-order valence-electron chi connectivity index (χ2n) is 4.23. The van der Waals surface area contributed by atoms with Crippen molar-refractivity contribution < 1.29 is 31.8 Å². The quantitative estimate of drug-likeness (QED) is 0.668. The van der Waals surface area contributed by atoms with Crippen LogP contribution in [0.3, 0.4) is 0 Å². The summed E-state index contributed by atoms with van der Waals surface area (Å²) in [5.41, 5.74) is -1.61. The second-order valence-corrected chi connectivity index (χ2v) is 5.88. The van der Waals surface area contributed by atoms with Crippen molar-refractivity contribution in [2.45, 2.75) is 23.8 Å². The van der Waals surface area contributed by atoms with Crippen molar-refractivity contribution in [3.63, 3.8) is 0 Å². The molecule has 0 aromatic heterocycles. The van der Waals surface area contributed by atoms with Crippen LogP contribution in [0.5, 0.6) is 0 Å². The highest BCUT2D eigenvalue weighted by Gasteiger charge is 2.34. The highest BCUT2D eigenvalue weighted by atomic mass is 32.2. The summed E-state index contributed by atoms with van der Waals surface area (Å²) in [6, 6.07) is 1.03. The molecule has 0 saturated heterocycles. The average molecular weight is 313 g/mol. The lowest BCUT2D eigenvalue weighted by atomic mass is 10.0. The molecule has 0 saturated carbocycles. The summed E-state index contributed by atoms with van der Waals surface area (Å²) < 4.78 is 65.1. The van der Waals surface area contributed by atoms with Crippen molar-refractivity contribution in [2.75, 3.05) is 13.2 Å². The predicted octanol–water partition coefficient (Wildman–Crippen LogP) is 0.516. The maximum absolute atomic E-state index is 13.5. The van der Waals surface area contributed by atoms with Crippen LogP contribution in [0.15, 0.2) is 17.0 Å². The van der Waals surface area contributed by atoms with Crippen LogP contribution < -0.4 is 4.72 Å². The van der Waals surface area contributed by atoms with Gasteiger partial charge in [-0.05, 0) is 18.6 Å². The highest BCUT2D eigenvalue weighted by Crippen LogP contribution is 2.22. The van der Waals surface area contributed by atoms with E-state index in [0.29, 0.717) is 12.1 Å². The largest absolute Gasteiger partial charge is 0.394 e. The van der Waals surface area contributed by atoms with E-state index < -0.39 is 51.1 Å². The third kappa shape index (κ3) is 3.11. The Kier molecular flexibility index (Phi) is 5.14. The van der Waals surface area contributed by atoms with E-state index in [0.717, 1.165) is 0 Å². The summed E-state index contributed by atoms with van der Waals surface area (Å²) in [6.07, 6.45) is 0.00449. The van der Waals surface area contributed by atoms with Crippen LogP contribution >= 0.6 is 0 Å². The molecule has 20 heavy (non-hydrogen) atoms. The minimum Gasteiger partial charge on any atom is -0.394 e. The fourth-order valence-electron chi connectivity index (χ4n) is 1.47. The second kappa shape index (κ2) is 6.08. The summed E-state index contributed by atoms with van der Waals surface area (Å²) in [5.74, 6) is -5.30. The van der Waals surface area contributed by atoms with Crippen molar-refractivity contribution in [3.05, 3.63) is 29.6 Å². The molecule has 1 rings (SSSR count). The molecule has 0 aliphatic heterocycles. The van der Waals surface area contributed by atoms with Gasteiger partial charge in [0.05, 0.1) is 18.8 Å². The minimum absolute atomic E-state index is 0.00449. The zero-order valence-corrected chi connectivity index (χ0v) is 11.3. The third-order valence-corrected chi connectivity index (χ3v) is 4.52. The van der Waals surface area contributed by atoms with Crippen molar-refractivity contribution in [2.24, 2.45) is 0 Å². The molecule has 0 radical (unpaired) electrons. The number of aliphatic hydroxyl groups excluding tert-OH is 2. The first kappa shape index (κ1) is 16.9. The first-order valence-corrected chi connectivity index (χ1v) is 7.10. The normalized spacial score (nSPS) is 12.7. The Labute approximate surface area is 114 Å². The predicted molar refractivity (Wildman–Crippen MR) is 63.8 cm³/mol. The Morgan fingerprint density at radius 2 is 1.70 bits per heavy atom. The van der Waals surface area contributed by atoms with Gasteiger partial charge in [0.25, 0.3) is 0 Å². The molecule has 0 spiro atoms. The molecule has 0 bridgehead atoms. The SMILES string of the molecule is CCC(CO)(CO)NS(=O)(=O)c1ccc(F)c(F)c1F. The standard InChI is InChI=1S/C11H14F3NO4S/c1-2-11(5-16,6-17)15-20(18,19)8-4-3-7(12)9(13)10(8)14/h3-4,15-17H,2,5-6H2,1H3. The molecule has 114 valence electrons. The lowest BCUT2D eigenvalue weighted by Crippen LogP contribution is -2.53. The van der Waals surface area contributed by atoms with Gasteiger partial charge in [0.1, 0.15) is 4.90 Å². The number of aliphatic hydroxyl groups is 2. The Morgan fingerprint density at radius 1 is 1.15 bits per heavy atom. The number of sulfonamides is 1. The van der Waals surface area contributed by atoms with Crippen molar-refractivity contribution in [3.8, 4) is 0 Å². The van der Waals surface area contributed by atoms with Crippen molar-refractivity contribution >= 4 is 10.0 Å². The van der Waals surface area contributed by atoms with Gasteiger partial charge in [0, 0.05) is 0 Å². The first-order valence-electron chi connectivity index (χ1n) is 5.62. The van der Waals surface area contributed by atoms with Crippen LogP contribution in [0.25, 0.3) is 0 Å². The molecule has 0 atom stereocenters. The van der Waals surface area contributed by atoms with E-state index in [1.807, 2.05) is 4.72 Å². The van der Waals surface area contributed by atoms with Crippen LogP contribution in [0.1, 0.15) is 13.3 Å². The summed E-state index contributed by atoms with van der Waals surface area (Å²) in [6.45, 7) is -0.00832. The maximum Gasteiger partial charge on any atom is 0.244 e. The number of halogens is 3. The Balaban J connectivity index is 3.28. The van der Waals surface area contributed by atoms with Gasteiger partial charge in [-0.1, -0.05) is 6.92 Å². The molecule has 0 heterocycles. The van der Waals surface area contributed by atoms with Crippen LogP contribution in [0, 0.1) is 17.5 Å². The van der Waals surface area contributed by atoms with E-state index >= 15 is 0 Å². The molecule has 1 aromatic rings. The monoisotopic (exact) mass is 313 g/mol. The molecule has 3 N–H and O–H groups in total. The van der Waals surface area contributed by atoms with Crippen LogP contribution in [0.4, 0.5) is 13.2 Å². The zero-order chi connectivity index (χ0) is 15.6. The van der Waals surface area contributed by atoms with E-state index in [1.54, 1.807) is 0 Å². The smallest absolute Gasteiger partial charge is 0.244 e. The van der Waals surface area contributed by atoms with Gasteiger partial charge in [-0.3, -0.25) is 0 Å². The van der Waals surface area contributed by atoms with E-state index in [-0.39, 0.29) is 6.42 Å². The van der Waals surface area contributed by atoms with Gasteiger partial charge in [0.15, 0.2) is 17.5 Å². The maximum atomic E-state index is 13.5. The molecule has 0 fully saturated rings. The molecule has 0 amide bonds. The Morgan fingerprint density at radius 3 is 2.15 bits per heavy atom. The van der Waals surface area contributed by atoms with Crippen LogP contribution in [0.2, 0.25) is 0 Å². The number of rotatable bonds is 6. The van der Waals surface area contributed by atoms with Gasteiger partial charge in [-0.2, -0.15) is 0 Å². The average Bonchev–Trinajstić information content (AvgIpc) is 2.42. The van der Waals surface area contributed by atoms with Gasteiger partial charge in [-0.15, -0.1) is 0 Å². The molecule has 5 nitrogen and oxygen atoms in total. The first-order chi connectivity index (χ1) is 9.23. The summed E-state index contributed by atoms with van der Waals surface area (Å²) in [7, 11) is -4.58. The summed E-state index contributed by atoms with van der Waals surface area (Å²) >= 11 is 0.